The molecule has 34 heavy (non-hydrogen) atoms. The van der Waals surface area contributed by atoms with Gasteiger partial charge in [-0.25, -0.2) is 0 Å². The maximum Gasteiger partial charge on any atom is 0.308 e. The average molecular weight is 499 g/mol. The number of hydrogen-bond acceptors (Lipinski definition) is 5. The van der Waals surface area contributed by atoms with E-state index < -0.39 is 0 Å². The molecule has 1 aromatic heterocycles. The number of hydrogen-bond donors (Lipinski definition) is 0. The Kier molecular flexibility index (Phi) is 5.73. The van der Waals surface area contributed by atoms with Gasteiger partial charge in [0.15, 0.2) is 0 Å². The number of aromatic nitrogens is 1. The summed E-state index contributed by atoms with van der Waals surface area (Å²) >= 11 is 3.30. The molecule has 1 amide bonds. The molecule has 2 bridgehead atoms. The van der Waals surface area contributed by atoms with Crippen molar-refractivity contribution in [3.8, 4) is 0 Å². The zero-order valence-electron chi connectivity index (χ0n) is 20.3. The first-order valence-corrected chi connectivity index (χ1v) is 14.4. The fourth-order valence-electron chi connectivity index (χ4n) is 6.70. The van der Waals surface area contributed by atoms with Crippen molar-refractivity contribution in [1.82, 2.24) is 9.47 Å². The predicted octanol–water partition coefficient (Wildman–Crippen LogP) is 4.72. The second-order valence-corrected chi connectivity index (χ2v) is 13.6. The number of ether oxygens (including phenoxy) is 1. The third-order valence-corrected chi connectivity index (χ3v) is 11.3. The maximum atomic E-state index is 13.3. The van der Waals surface area contributed by atoms with E-state index in [1.54, 1.807) is 4.57 Å². The molecule has 2 aliphatic heterocycles. The van der Waals surface area contributed by atoms with Crippen LogP contribution in [0.3, 0.4) is 0 Å². The van der Waals surface area contributed by atoms with Crippen LogP contribution < -0.4 is 4.87 Å². The first-order valence-electron chi connectivity index (χ1n) is 12.7. The van der Waals surface area contributed by atoms with Crippen LogP contribution in [0.2, 0.25) is 0 Å². The van der Waals surface area contributed by atoms with Crippen molar-refractivity contribution in [2.75, 3.05) is 26.3 Å². The molecule has 2 aromatic rings. The molecule has 0 unspecified atom stereocenters. The summed E-state index contributed by atoms with van der Waals surface area (Å²) in [5.41, 5.74) is 2.80. The highest BCUT2D eigenvalue weighted by Crippen LogP contribution is 2.64. The van der Waals surface area contributed by atoms with E-state index in [2.05, 4.69) is 45.0 Å². The molecule has 0 spiro atoms. The fraction of sp³-hybridized carbons (Fsp3) is 0.630. The second kappa shape index (κ2) is 8.52. The lowest BCUT2D eigenvalue weighted by Gasteiger charge is -2.40. The van der Waals surface area contributed by atoms with Crippen LogP contribution in [0.1, 0.15) is 62.0 Å². The highest BCUT2D eigenvalue weighted by atomic mass is 32.2. The molecule has 1 aromatic carbocycles. The quantitative estimate of drug-likeness (QED) is 0.615. The lowest BCUT2D eigenvalue weighted by atomic mass is 9.74. The molecule has 1 saturated heterocycles. The molecule has 2 saturated carbocycles. The molecule has 3 fully saturated rings. The van der Waals surface area contributed by atoms with Crippen molar-refractivity contribution >= 4 is 29.0 Å². The summed E-state index contributed by atoms with van der Waals surface area (Å²) in [7, 11) is 0. The topological polar surface area (TPSA) is 51.5 Å². The summed E-state index contributed by atoms with van der Waals surface area (Å²) in [6, 6.07) is 9.17. The lowest BCUT2D eigenvalue weighted by molar-refractivity contribution is -0.136. The molecule has 4 aliphatic rings. The molecule has 0 radical (unpaired) electrons. The molecule has 3 heterocycles. The van der Waals surface area contributed by atoms with Crippen LogP contribution >= 0.6 is 23.1 Å². The number of fused-ring (bicyclic) bond motifs is 6. The minimum Gasteiger partial charge on any atom is -0.378 e. The van der Waals surface area contributed by atoms with Gasteiger partial charge in [-0.05, 0) is 53.6 Å². The van der Waals surface area contributed by atoms with Crippen molar-refractivity contribution in [2.45, 2.75) is 68.2 Å². The Morgan fingerprint density at radius 2 is 1.79 bits per heavy atom. The van der Waals surface area contributed by atoms with Gasteiger partial charge in [0.1, 0.15) is 6.54 Å². The van der Waals surface area contributed by atoms with Gasteiger partial charge in [0, 0.05) is 29.1 Å². The highest BCUT2D eigenvalue weighted by molar-refractivity contribution is 8.00. The summed E-state index contributed by atoms with van der Waals surface area (Å²) in [6.07, 6.45) is 3.96. The number of rotatable bonds is 3. The van der Waals surface area contributed by atoms with E-state index >= 15 is 0 Å². The summed E-state index contributed by atoms with van der Waals surface area (Å²) in [4.78, 5) is 29.4. The van der Waals surface area contributed by atoms with E-state index in [1.165, 1.54) is 46.6 Å². The summed E-state index contributed by atoms with van der Waals surface area (Å²) in [6.45, 7) is 9.29. The average Bonchev–Trinajstić information content (AvgIpc) is 3.52. The first kappa shape index (κ1) is 22.9. The molecule has 2 aliphatic carbocycles. The van der Waals surface area contributed by atoms with E-state index in [4.69, 9.17) is 4.74 Å². The third-order valence-electron chi connectivity index (χ3n) is 8.48. The first-order chi connectivity index (χ1) is 16.3. The number of carbonyl (C=O) groups excluding carboxylic acids is 1. The van der Waals surface area contributed by atoms with E-state index in [9.17, 15) is 9.59 Å². The van der Waals surface area contributed by atoms with Gasteiger partial charge in [0.2, 0.25) is 5.91 Å². The predicted molar refractivity (Wildman–Crippen MR) is 137 cm³/mol. The SMILES string of the molecule is CC(C)(C)c1ccc([C@@H]2c3sc(=O)n(CC(=O)N4CCOCC4)c3S[C@@H]3[C@H]4CC[C@@H](C4)[C@@H]23)cc1. The molecular formula is C27H34N2O3S2. The number of nitrogens with zero attached hydrogens (tertiary/aromatic N) is 2. The molecule has 7 heteroatoms. The van der Waals surface area contributed by atoms with Gasteiger partial charge in [-0.15, -0.1) is 11.8 Å². The highest BCUT2D eigenvalue weighted by Gasteiger charge is 2.55. The Morgan fingerprint density at radius 1 is 1.09 bits per heavy atom. The van der Waals surface area contributed by atoms with Gasteiger partial charge >= 0.3 is 4.87 Å². The lowest BCUT2D eigenvalue weighted by Crippen LogP contribution is -2.43. The molecule has 5 nitrogen and oxygen atoms in total. The number of thioether (sulfide) groups is 1. The van der Waals surface area contributed by atoms with E-state index in [0.29, 0.717) is 37.5 Å². The van der Waals surface area contributed by atoms with Crippen molar-refractivity contribution in [1.29, 1.82) is 0 Å². The zero-order chi connectivity index (χ0) is 23.6. The second-order valence-electron chi connectivity index (χ2n) is 11.5. The largest absolute Gasteiger partial charge is 0.378 e. The minimum atomic E-state index is 0.0164. The third kappa shape index (κ3) is 3.79. The molecular weight excluding hydrogens is 464 g/mol. The zero-order valence-corrected chi connectivity index (χ0v) is 21.9. The van der Waals surface area contributed by atoms with Crippen LogP contribution in [0.15, 0.2) is 34.1 Å². The number of thiazole rings is 1. The van der Waals surface area contributed by atoms with Crippen LogP contribution in [0, 0.1) is 17.8 Å². The Bertz CT molecular complexity index is 1140. The number of morpholine rings is 1. The Hall–Kier alpha value is -1.57. The van der Waals surface area contributed by atoms with Gasteiger partial charge in [-0.3, -0.25) is 14.2 Å². The number of benzene rings is 1. The van der Waals surface area contributed by atoms with E-state index in [1.807, 2.05) is 16.7 Å². The van der Waals surface area contributed by atoms with E-state index in [-0.39, 0.29) is 28.7 Å². The summed E-state index contributed by atoms with van der Waals surface area (Å²) < 4.78 is 7.20. The molecule has 182 valence electrons. The van der Waals surface area contributed by atoms with Crippen LogP contribution in [-0.2, 0) is 21.5 Å². The molecule has 6 rings (SSSR count). The maximum absolute atomic E-state index is 13.3. The Labute approximate surface area is 209 Å². The minimum absolute atomic E-state index is 0.0164. The van der Waals surface area contributed by atoms with Crippen molar-refractivity contribution in [3.05, 3.63) is 49.9 Å². The van der Waals surface area contributed by atoms with Gasteiger partial charge in [-0.1, -0.05) is 56.4 Å². The van der Waals surface area contributed by atoms with Crippen molar-refractivity contribution < 1.29 is 9.53 Å². The normalized spacial score (nSPS) is 30.3. The monoisotopic (exact) mass is 498 g/mol. The summed E-state index contributed by atoms with van der Waals surface area (Å²) in [5.74, 6) is 2.39. The van der Waals surface area contributed by atoms with Gasteiger partial charge in [0.05, 0.1) is 18.2 Å². The fourth-order valence-corrected chi connectivity index (χ4v) is 9.85. The van der Waals surface area contributed by atoms with Crippen LogP contribution in [-0.4, -0.2) is 46.9 Å². The van der Waals surface area contributed by atoms with Crippen LogP contribution in [0.4, 0.5) is 0 Å². The van der Waals surface area contributed by atoms with Crippen LogP contribution in [0.5, 0.6) is 0 Å². The summed E-state index contributed by atoms with van der Waals surface area (Å²) in [5, 5.41) is 1.62. The van der Waals surface area contributed by atoms with Gasteiger partial charge in [0.25, 0.3) is 0 Å². The number of carbonyl (C=O) groups is 1. The van der Waals surface area contributed by atoms with E-state index in [0.717, 1.165) is 16.9 Å². The Morgan fingerprint density at radius 3 is 2.50 bits per heavy atom. The van der Waals surface area contributed by atoms with Gasteiger partial charge < -0.3 is 9.64 Å². The number of amides is 1. The van der Waals surface area contributed by atoms with Crippen molar-refractivity contribution in [2.24, 2.45) is 17.8 Å². The molecule has 0 N–H and O–H groups in total. The van der Waals surface area contributed by atoms with Crippen molar-refractivity contribution in [3.63, 3.8) is 0 Å². The van der Waals surface area contributed by atoms with Crippen LogP contribution in [0.25, 0.3) is 0 Å². The standard InChI is InChI=1S/C27H34N2O3S2/c1-27(2,3)19-8-6-16(7-9-19)21-22-17-4-5-18(14-17)23(22)33-25-24(21)34-26(31)29(25)15-20(30)28-10-12-32-13-11-28/h6-9,17-18,21-23H,4-5,10-15H2,1-3H3/t17-,18-,21-,22-,23+/m0/s1. The Balaban J connectivity index is 1.39. The van der Waals surface area contributed by atoms with Gasteiger partial charge in [-0.2, -0.15) is 0 Å². The molecule has 5 atom stereocenters. The smallest absolute Gasteiger partial charge is 0.308 e.